The molecular formula is C13H24N4O. The molecule has 1 unspecified atom stereocenters. The second-order valence-electron chi connectivity index (χ2n) is 5.13. The highest BCUT2D eigenvalue weighted by atomic mass is 16.1. The Balaban J connectivity index is 2.51. The number of hydrogen-bond donors (Lipinski definition) is 1. The van der Waals surface area contributed by atoms with E-state index in [1.165, 1.54) is 6.33 Å². The lowest BCUT2D eigenvalue weighted by atomic mass is 10.1. The third kappa shape index (κ3) is 4.96. The van der Waals surface area contributed by atoms with Crippen LogP contribution in [0, 0.1) is 5.92 Å². The molecule has 0 aliphatic rings. The summed E-state index contributed by atoms with van der Waals surface area (Å²) in [4.78, 5) is 16.1. The lowest BCUT2D eigenvalue weighted by Gasteiger charge is -2.11. The van der Waals surface area contributed by atoms with Gasteiger partial charge in [-0.2, -0.15) is 5.10 Å². The highest BCUT2D eigenvalue weighted by molar-refractivity contribution is 5.80. The van der Waals surface area contributed by atoms with E-state index >= 15 is 0 Å². The first-order valence-corrected chi connectivity index (χ1v) is 6.64. The van der Waals surface area contributed by atoms with E-state index in [4.69, 9.17) is 0 Å². The minimum atomic E-state index is 0.210. The van der Waals surface area contributed by atoms with Crippen LogP contribution in [-0.2, 0) is 17.8 Å². The summed E-state index contributed by atoms with van der Waals surface area (Å²) in [6.45, 7) is 10.0. The fourth-order valence-corrected chi connectivity index (χ4v) is 1.93. The second-order valence-corrected chi connectivity index (χ2v) is 5.13. The highest BCUT2D eigenvalue weighted by Gasteiger charge is 2.13. The van der Waals surface area contributed by atoms with Crippen molar-refractivity contribution < 1.29 is 4.79 Å². The molecule has 0 spiro atoms. The van der Waals surface area contributed by atoms with E-state index < -0.39 is 0 Å². The average molecular weight is 252 g/mol. The number of ketones is 1. The molecular weight excluding hydrogens is 228 g/mol. The van der Waals surface area contributed by atoms with Crippen LogP contribution in [0.25, 0.3) is 0 Å². The fraction of sp³-hybridized carbons (Fsp3) is 0.769. The number of hydrogen-bond acceptors (Lipinski definition) is 4. The maximum absolute atomic E-state index is 11.9. The monoisotopic (exact) mass is 252 g/mol. The molecule has 1 rings (SSSR count). The lowest BCUT2D eigenvalue weighted by Crippen LogP contribution is -2.29. The van der Waals surface area contributed by atoms with Gasteiger partial charge in [-0.25, -0.2) is 9.67 Å². The minimum absolute atomic E-state index is 0.210. The first kappa shape index (κ1) is 14.8. The summed E-state index contributed by atoms with van der Waals surface area (Å²) >= 11 is 0. The van der Waals surface area contributed by atoms with Crippen LogP contribution >= 0.6 is 0 Å². The first-order valence-electron chi connectivity index (χ1n) is 6.64. The predicted molar refractivity (Wildman–Crippen MR) is 71.3 cm³/mol. The van der Waals surface area contributed by atoms with Gasteiger partial charge >= 0.3 is 0 Å². The maximum Gasteiger partial charge on any atom is 0.142 e. The second kappa shape index (κ2) is 7.26. The van der Waals surface area contributed by atoms with Gasteiger partial charge in [0.05, 0.1) is 6.42 Å². The summed E-state index contributed by atoms with van der Waals surface area (Å²) in [7, 11) is 0. The van der Waals surface area contributed by atoms with E-state index in [2.05, 4.69) is 29.2 Å². The molecule has 0 amide bonds. The standard InChI is InChI=1S/C13H24N4O/c1-5-14-11(4)6-12(18)7-13-15-9-16-17(13)8-10(2)3/h9-11,14H,5-8H2,1-4H3. The molecule has 18 heavy (non-hydrogen) atoms. The first-order chi connectivity index (χ1) is 8.52. The molecule has 5 heteroatoms. The summed E-state index contributed by atoms with van der Waals surface area (Å²) in [6, 6.07) is 0.226. The topological polar surface area (TPSA) is 59.8 Å². The molecule has 0 bridgehead atoms. The Labute approximate surface area is 109 Å². The largest absolute Gasteiger partial charge is 0.314 e. The van der Waals surface area contributed by atoms with Gasteiger partial charge in [0.25, 0.3) is 0 Å². The van der Waals surface area contributed by atoms with Crippen LogP contribution in [-0.4, -0.2) is 33.1 Å². The Morgan fingerprint density at radius 2 is 2.17 bits per heavy atom. The zero-order chi connectivity index (χ0) is 13.5. The summed E-state index contributed by atoms with van der Waals surface area (Å²) in [5.41, 5.74) is 0. The van der Waals surface area contributed by atoms with Gasteiger partial charge < -0.3 is 5.32 Å². The Morgan fingerprint density at radius 1 is 1.44 bits per heavy atom. The van der Waals surface area contributed by atoms with Crippen LogP contribution < -0.4 is 5.32 Å². The van der Waals surface area contributed by atoms with Crippen molar-refractivity contribution in [1.29, 1.82) is 0 Å². The van der Waals surface area contributed by atoms with Gasteiger partial charge in [-0.05, 0) is 19.4 Å². The van der Waals surface area contributed by atoms with Crippen molar-refractivity contribution in [1.82, 2.24) is 20.1 Å². The number of aromatic nitrogens is 3. The molecule has 1 aromatic rings. The zero-order valence-electron chi connectivity index (χ0n) is 11.8. The molecule has 0 saturated carbocycles. The summed E-state index contributed by atoms with van der Waals surface area (Å²) in [6.07, 6.45) is 2.45. The van der Waals surface area contributed by atoms with Crippen molar-refractivity contribution in [2.24, 2.45) is 5.92 Å². The van der Waals surface area contributed by atoms with Crippen LogP contribution in [0.2, 0.25) is 0 Å². The molecule has 0 saturated heterocycles. The van der Waals surface area contributed by atoms with Crippen molar-refractivity contribution in [3.8, 4) is 0 Å². The van der Waals surface area contributed by atoms with Crippen LogP contribution in [0.4, 0.5) is 0 Å². The van der Waals surface area contributed by atoms with E-state index in [-0.39, 0.29) is 11.8 Å². The van der Waals surface area contributed by atoms with Crippen molar-refractivity contribution in [2.75, 3.05) is 6.54 Å². The molecule has 1 N–H and O–H groups in total. The molecule has 0 aromatic carbocycles. The van der Waals surface area contributed by atoms with Crippen LogP contribution in [0.3, 0.4) is 0 Å². The lowest BCUT2D eigenvalue weighted by molar-refractivity contribution is -0.119. The van der Waals surface area contributed by atoms with Crippen molar-refractivity contribution in [3.63, 3.8) is 0 Å². The number of nitrogens with zero attached hydrogens (tertiary/aromatic N) is 3. The van der Waals surface area contributed by atoms with E-state index in [1.54, 1.807) is 0 Å². The van der Waals surface area contributed by atoms with Crippen LogP contribution in [0.1, 0.15) is 39.9 Å². The molecule has 0 fully saturated rings. The van der Waals surface area contributed by atoms with Gasteiger partial charge in [0.2, 0.25) is 0 Å². The van der Waals surface area contributed by atoms with Crippen molar-refractivity contribution in [3.05, 3.63) is 12.2 Å². The normalized spacial score (nSPS) is 12.9. The Kier molecular flexibility index (Phi) is 5.98. The van der Waals surface area contributed by atoms with E-state index in [1.807, 2.05) is 18.5 Å². The fourth-order valence-electron chi connectivity index (χ4n) is 1.93. The summed E-state index contributed by atoms with van der Waals surface area (Å²) in [5.74, 6) is 1.49. The molecule has 1 heterocycles. The Hall–Kier alpha value is -1.23. The number of carbonyl (C=O) groups excluding carboxylic acids is 1. The Morgan fingerprint density at radius 3 is 2.78 bits per heavy atom. The predicted octanol–water partition coefficient (Wildman–Crippen LogP) is 1.43. The molecule has 0 radical (unpaired) electrons. The van der Waals surface area contributed by atoms with E-state index in [0.29, 0.717) is 18.8 Å². The Bertz CT molecular complexity index is 373. The summed E-state index contributed by atoms with van der Waals surface area (Å²) in [5, 5.41) is 7.40. The third-order valence-electron chi connectivity index (χ3n) is 2.68. The van der Waals surface area contributed by atoms with Crippen LogP contribution in [0.15, 0.2) is 6.33 Å². The average Bonchev–Trinajstić information content (AvgIpc) is 2.64. The van der Waals surface area contributed by atoms with Gasteiger partial charge in [0.15, 0.2) is 0 Å². The van der Waals surface area contributed by atoms with E-state index in [0.717, 1.165) is 18.9 Å². The minimum Gasteiger partial charge on any atom is -0.314 e. The molecule has 0 aliphatic carbocycles. The number of rotatable bonds is 8. The van der Waals surface area contributed by atoms with Gasteiger partial charge in [0.1, 0.15) is 17.9 Å². The van der Waals surface area contributed by atoms with Crippen molar-refractivity contribution >= 4 is 5.78 Å². The smallest absolute Gasteiger partial charge is 0.142 e. The maximum atomic E-state index is 11.9. The number of carbonyl (C=O) groups is 1. The molecule has 0 aliphatic heterocycles. The summed E-state index contributed by atoms with van der Waals surface area (Å²) < 4.78 is 1.83. The number of Topliss-reactive ketones (excluding diaryl/α,β-unsaturated/α-hetero) is 1. The number of nitrogens with one attached hydrogen (secondary N) is 1. The van der Waals surface area contributed by atoms with Crippen molar-refractivity contribution in [2.45, 2.75) is 53.1 Å². The van der Waals surface area contributed by atoms with E-state index in [9.17, 15) is 4.79 Å². The molecule has 1 aromatic heterocycles. The van der Waals surface area contributed by atoms with Crippen LogP contribution in [0.5, 0.6) is 0 Å². The quantitative estimate of drug-likeness (QED) is 0.760. The molecule has 1 atom stereocenters. The van der Waals surface area contributed by atoms with Gasteiger partial charge in [-0.3, -0.25) is 4.79 Å². The molecule has 102 valence electrons. The zero-order valence-corrected chi connectivity index (χ0v) is 11.8. The van der Waals surface area contributed by atoms with Gasteiger partial charge in [-0.1, -0.05) is 20.8 Å². The van der Waals surface area contributed by atoms with Gasteiger partial charge in [0, 0.05) is 19.0 Å². The third-order valence-corrected chi connectivity index (χ3v) is 2.68. The SMILES string of the molecule is CCNC(C)CC(=O)Cc1ncnn1CC(C)C. The molecule has 5 nitrogen and oxygen atoms in total. The van der Waals surface area contributed by atoms with Gasteiger partial charge in [-0.15, -0.1) is 0 Å². The highest BCUT2D eigenvalue weighted by Crippen LogP contribution is 2.04.